The average molecular weight is 211 g/mol. The third-order valence-electron chi connectivity index (χ3n) is 3.51. The fraction of sp³-hybridized carbons (Fsp3) is 0.769. The largest absolute Gasteiger partial charge is 0.352 e. The zero-order valence-corrected chi connectivity index (χ0v) is 11.0. The first-order valence-corrected chi connectivity index (χ1v) is 5.74. The fourth-order valence-electron chi connectivity index (χ4n) is 1.14. The molecule has 0 aromatic carbocycles. The molecule has 1 amide bonds. The van der Waals surface area contributed by atoms with E-state index in [1.165, 1.54) is 5.57 Å². The highest BCUT2D eigenvalue weighted by Gasteiger charge is 2.29. The van der Waals surface area contributed by atoms with Gasteiger partial charge >= 0.3 is 0 Å². The Hall–Kier alpha value is -0.790. The number of carbonyl (C=O) groups excluding carboxylic acids is 1. The molecule has 0 aliphatic heterocycles. The van der Waals surface area contributed by atoms with Crippen LogP contribution in [0.1, 0.15) is 48.0 Å². The summed E-state index contributed by atoms with van der Waals surface area (Å²) in [7, 11) is 0. The monoisotopic (exact) mass is 211 g/mol. The Morgan fingerprint density at radius 3 is 2.40 bits per heavy atom. The summed E-state index contributed by atoms with van der Waals surface area (Å²) in [6.45, 7) is 13.1. The van der Waals surface area contributed by atoms with Crippen molar-refractivity contribution in [2.24, 2.45) is 11.3 Å². The average Bonchev–Trinajstić information content (AvgIpc) is 2.23. The van der Waals surface area contributed by atoms with Crippen molar-refractivity contribution in [1.29, 1.82) is 0 Å². The molecule has 0 radical (unpaired) electrons. The summed E-state index contributed by atoms with van der Waals surface area (Å²) in [5.41, 5.74) is 1.28. The second-order valence-electron chi connectivity index (χ2n) is 4.92. The molecule has 0 fully saturated rings. The lowest BCUT2D eigenvalue weighted by molar-refractivity contribution is -0.127. The smallest absolute Gasteiger partial charge is 0.223 e. The van der Waals surface area contributed by atoms with Crippen LogP contribution in [-0.4, -0.2) is 12.5 Å². The van der Waals surface area contributed by atoms with Gasteiger partial charge in [0.1, 0.15) is 0 Å². The Labute approximate surface area is 94.1 Å². The van der Waals surface area contributed by atoms with Crippen LogP contribution >= 0.6 is 0 Å². The molecule has 0 bridgehead atoms. The standard InChI is InChI=1S/C13H25NO/c1-7-10(3)9-14-12(15)11(4)13(5,6)8-2/h7,11H,8-9H2,1-6H3,(H,14,15). The van der Waals surface area contributed by atoms with Crippen molar-refractivity contribution in [3.05, 3.63) is 11.6 Å². The summed E-state index contributed by atoms with van der Waals surface area (Å²) < 4.78 is 0. The molecule has 2 heteroatoms. The van der Waals surface area contributed by atoms with Gasteiger partial charge in [0.15, 0.2) is 0 Å². The number of hydrogen-bond acceptors (Lipinski definition) is 1. The number of nitrogens with one attached hydrogen (secondary N) is 1. The van der Waals surface area contributed by atoms with E-state index in [-0.39, 0.29) is 17.2 Å². The first-order chi connectivity index (χ1) is 6.85. The Morgan fingerprint density at radius 2 is 2.00 bits per heavy atom. The molecular formula is C13H25NO. The van der Waals surface area contributed by atoms with Gasteiger partial charge in [-0.15, -0.1) is 0 Å². The fourth-order valence-corrected chi connectivity index (χ4v) is 1.14. The predicted molar refractivity (Wildman–Crippen MR) is 65.7 cm³/mol. The van der Waals surface area contributed by atoms with Crippen molar-refractivity contribution in [1.82, 2.24) is 5.32 Å². The second-order valence-corrected chi connectivity index (χ2v) is 4.92. The zero-order valence-electron chi connectivity index (χ0n) is 11.0. The summed E-state index contributed by atoms with van der Waals surface area (Å²) in [6, 6.07) is 0. The number of hydrogen-bond donors (Lipinski definition) is 1. The van der Waals surface area contributed by atoms with Gasteiger partial charge in [-0.1, -0.05) is 45.8 Å². The predicted octanol–water partition coefficient (Wildman–Crippen LogP) is 3.14. The van der Waals surface area contributed by atoms with E-state index in [4.69, 9.17) is 0 Å². The van der Waals surface area contributed by atoms with E-state index < -0.39 is 0 Å². The van der Waals surface area contributed by atoms with Gasteiger partial charge in [-0.3, -0.25) is 4.79 Å². The van der Waals surface area contributed by atoms with Gasteiger partial charge < -0.3 is 5.32 Å². The molecule has 0 aliphatic carbocycles. The van der Waals surface area contributed by atoms with Crippen LogP contribution in [-0.2, 0) is 4.79 Å². The molecule has 0 aromatic rings. The van der Waals surface area contributed by atoms with Crippen molar-refractivity contribution >= 4 is 5.91 Å². The SMILES string of the molecule is CC=C(C)CNC(=O)C(C)C(C)(C)CC. The van der Waals surface area contributed by atoms with E-state index in [1.807, 2.05) is 26.8 Å². The molecule has 0 heterocycles. The van der Waals surface area contributed by atoms with Gasteiger partial charge in [0.25, 0.3) is 0 Å². The molecule has 0 saturated carbocycles. The summed E-state index contributed by atoms with van der Waals surface area (Å²) in [5.74, 6) is 0.218. The second kappa shape index (κ2) is 5.94. The lowest BCUT2D eigenvalue weighted by atomic mass is 9.77. The van der Waals surface area contributed by atoms with Crippen LogP contribution in [0.5, 0.6) is 0 Å². The van der Waals surface area contributed by atoms with Gasteiger partial charge in [0.05, 0.1) is 0 Å². The minimum absolute atomic E-state index is 0.0622. The highest BCUT2D eigenvalue weighted by atomic mass is 16.1. The number of amides is 1. The van der Waals surface area contributed by atoms with Crippen LogP contribution in [0, 0.1) is 11.3 Å². The Bertz CT molecular complexity index is 241. The molecule has 1 unspecified atom stereocenters. The minimum atomic E-state index is 0.0622. The Balaban J connectivity index is 4.23. The van der Waals surface area contributed by atoms with E-state index in [2.05, 4.69) is 26.1 Å². The molecule has 88 valence electrons. The molecule has 0 aromatic heterocycles. The maximum atomic E-state index is 11.8. The first kappa shape index (κ1) is 14.2. The van der Waals surface area contributed by atoms with E-state index >= 15 is 0 Å². The van der Waals surface area contributed by atoms with Crippen LogP contribution in [0.3, 0.4) is 0 Å². The minimum Gasteiger partial charge on any atom is -0.352 e. The van der Waals surface area contributed by atoms with Crippen LogP contribution in [0.25, 0.3) is 0 Å². The van der Waals surface area contributed by atoms with Crippen LogP contribution in [0.4, 0.5) is 0 Å². The van der Waals surface area contributed by atoms with Gasteiger partial charge in [0, 0.05) is 12.5 Å². The normalized spacial score (nSPS) is 14.9. The molecule has 15 heavy (non-hydrogen) atoms. The van der Waals surface area contributed by atoms with Crippen molar-refractivity contribution in [2.45, 2.75) is 48.0 Å². The molecule has 2 nitrogen and oxygen atoms in total. The van der Waals surface area contributed by atoms with Gasteiger partial charge in [0.2, 0.25) is 5.91 Å². The van der Waals surface area contributed by atoms with Gasteiger partial charge in [-0.2, -0.15) is 0 Å². The lowest BCUT2D eigenvalue weighted by Gasteiger charge is -2.29. The molecular weight excluding hydrogens is 186 g/mol. The van der Waals surface area contributed by atoms with Crippen molar-refractivity contribution in [2.75, 3.05) is 6.54 Å². The number of carbonyl (C=O) groups is 1. The third kappa shape index (κ3) is 4.50. The molecule has 0 rings (SSSR count). The molecule has 0 spiro atoms. The van der Waals surface area contributed by atoms with E-state index in [0.29, 0.717) is 6.54 Å². The first-order valence-electron chi connectivity index (χ1n) is 5.74. The van der Waals surface area contributed by atoms with Crippen molar-refractivity contribution < 1.29 is 4.79 Å². The quantitative estimate of drug-likeness (QED) is 0.695. The summed E-state index contributed by atoms with van der Waals surface area (Å²) in [5, 5.41) is 2.97. The molecule has 0 saturated heterocycles. The highest BCUT2D eigenvalue weighted by molar-refractivity contribution is 5.79. The van der Waals surface area contributed by atoms with Crippen LogP contribution in [0.2, 0.25) is 0 Å². The topological polar surface area (TPSA) is 29.1 Å². The molecule has 1 N–H and O–H groups in total. The number of rotatable bonds is 5. The summed E-state index contributed by atoms with van der Waals surface area (Å²) in [4.78, 5) is 11.8. The van der Waals surface area contributed by atoms with E-state index in [9.17, 15) is 4.79 Å². The van der Waals surface area contributed by atoms with E-state index in [0.717, 1.165) is 6.42 Å². The van der Waals surface area contributed by atoms with Crippen molar-refractivity contribution in [3.63, 3.8) is 0 Å². The zero-order chi connectivity index (χ0) is 12.1. The Morgan fingerprint density at radius 1 is 1.47 bits per heavy atom. The lowest BCUT2D eigenvalue weighted by Crippen LogP contribution is -2.37. The van der Waals surface area contributed by atoms with Crippen LogP contribution < -0.4 is 5.32 Å². The highest BCUT2D eigenvalue weighted by Crippen LogP contribution is 2.30. The van der Waals surface area contributed by atoms with Crippen LogP contribution in [0.15, 0.2) is 11.6 Å². The third-order valence-corrected chi connectivity index (χ3v) is 3.51. The van der Waals surface area contributed by atoms with Crippen molar-refractivity contribution in [3.8, 4) is 0 Å². The molecule has 0 aliphatic rings. The molecule has 1 atom stereocenters. The maximum absolute atomic E-state index is 11.8. The van der Waals surface area contributed by atoms with Gasteiger partial charge in [-0.25, -0.2) is 0 Å². The Kier molecular flexibility index (Phi) is 5.63. The summed E-state index contributed by atoms with van der Waals surface area (Å²) >= 11 is 0. The number of allylic oxidation sites excluding steroid dienone is 1. The maximum Gasteiger partial charge on any atom is 0.223 e. The van der Waals surface area contributed by atoms with E-state index in [1.54, 1.807) is 0 Å². The van der Waals surface area contributed by atoms with Gasteiger partial charge in [-0.05, 0) is 19.3 Å². The summed E-state index contributed by atoms with van der Waals surface area (Å²) in [6.07, 6.45) is 3.04.